The molecule has 0 radical (unpaired) electrons. The topological polar surface area (TPSA) is 99.1 Å². The van der Waals surface area contributed by atoms with Gasteiger partial charge in [-0.25, -0.2) is 15.2 Å². The second-order valence-electron chi connectivity index (χ2n) is 6.17. The van der Waals surface area contributed by atoms with Crippen LogP contribution in [0.2, 0.25) is 0 Å². The second kappa shape index (κ2) is 6.20. The number of aryl methyl sites for hydroxylation is 2. The maximum absolute atomic E-state index is 12.4. The molecule has 0 saturated carbocycles. The van der Waals surface area contributed by atoms with Gasteiger partial charge >= 0.3 is 5.69 Å². The highest BCUT2D eigenvalue weighted by Gasteiger charge is 2.16. The van der Waals surface area contributed by atoms with Crippen LogP contribution in [0.15, 0.2) is 51.1 Å². The van der Waals surface area contributed by atoms with E-state index in [1.54, 1.807) is 24.9 Å². The molecule has 136 valence electrons. The molecule has 3 heterocycles. The van der Waals surface area contributed by atoms with Gasteiger partial charge < -0.3 is 4.57 Å². The lowest BCUT2D eigenvalue weighted by Gasteiger charge is -2.03. The number of benzene rings is 1. The van der Waals surface area contributed by atoms with Crippen molar-refractivity contribution in [2.75, 3.05) is 5.43 Å². The van der Waals surface area contributed by atoms with E-state index in [4.69, 9.17) is 0 Å². The zero-order valence-corrected chi connectivity index (χ0v) is 15.0. The van der Waals surface area contributed by atoms with Gasteiger partial charge in [0.15, 0.2) is 11.2 Å². The summed E-state index contributed by atoms with van der Waals surface area (Å²) >= 11 is 0. The van der Waals surface area contributed by atoms with Crippen molar-refractivity contribution in [3.05, 3.63) is 62.9 Å². The Kier molecular flexibility index (Phi) is 3.84. The van der Waals surface area contributed by atoms with Crippen molar-refractivity contribution in [3.8, 4) is 0 Å². The van der Waals surface area contributed by atoms with Gasteiger partial charge in [-0.1, -0.05) is 24.3 Å². The minimum absolute atomic E-state index is 0.298. The first-order valence-electron chi connectivity index (χ1n) is 8.24. The zero-order valence-electron chi connectivity index (χ0n) is 15.0. The van der Waals surface area contributed by atoms with Crippen LogP contribution in [0, 0.1) is 0 Å². The van der Waals surface area contributed by atoms with E-state index >= 15 is 0 Å². The van der Waals surface area contributed by atoms with Crippen LogP contribution in [0.3, 0.4) is 0 Å². The van der Waals surface area contributed by atoms with Crippen molar-refractivity contribution < 1.29 is 0 Å². The van der Waals surface area contributed by atoms with Crippen LogP contribution in [-0.4, -0.2) is 29.9 Å². The molecule has 0 aliphatic carbocycles. The van der Waals surface area contributed by atoms with Crippen LogP contribution in [0.1, 0.15) is 5.69 Å². The Morgan fingerprint density at radius 1 is 0.963 bits per heavy atom. The van der Waals surface area contributed by atoms with Crippen molar-refractivity contribution in [1.29, 1.82) is 0 Å². The SMILES string of the molecule is Cn1c(=O)c2c(nc(NN=Cc3ccc4ccccc4n3)n2C)n(C)c1=O. The molecule has 0 aliphatic rings. The summed E-state index contributed by atoms with van der Waals surface area (Å²) in [4.78, 5) is 33.2. The fraction of sp³-hybridized carbons (Fsp3) is 0.167. The van der Waals surface area contributed by atoms with Crippen LogP contribution >= 0.6 is 0 Å². The molecule has 0 atom stereocenters. The number of para-hydroxylation sites is 1. The van der Waals surface area contributed by atoms with Gasteiger partial charge in [0.25, 0.3) is 5.56 Å². The van der Waals surface area contributed by atoms with E-state index in [1.807, 2.05) is 36.4 Å². The minimum atomic E-state index is -0.430. The van der Waals surface area contributed by atoms with Crippen molar-refractivity contribution in [1.82, 2.24) is 23.7 Å². The lowest BCUT2D eigenvalue weighted by atomic mass is 10.2. The average molecular weight is 363 g/mol. The predicted molar refractivity (Wildman–Crippen MR) is 104 cm³/mol. The van der Waals surface area contributed by atoms with Crippen LogP contribution < -0.4 is 16.7 Å². The zero-order chi connectivity index (χ0) is 19.1. The summed E-state index contributed by atoms with van der Waals surface area (Å²) in [6.45, 7) is 0. The standard InChI is InChI=1S/C18H17N7O2/c1-23-14-15(24(2)18(27)25(3)16(14)26)21-17(23)22-19-10-12-9-8-11-6-4-5-7-13(11)20-12/h4-10H,1-3H3,(H,21,22). The Balaban J connectivity index is 1.69. The third kappa shape index (κ3) is 2.69. The van der Waals surface area contributed by atoms with E-state index < -0.39 is 11.2 Å². The summed E-state index contributed by atoms with van der Waals surface area (Å²) in [5, 5.41) is 5.21. The smallest absolute Gasteiger partial charge is 0.306 e. The Labute approximate surface area is 153 Å². The van der Waals surface area contributed by atoms with Gasteiger partial charge in [-0.3, -0.25) is 13.9 Å². The molecule has 1 N–H and O–H groups in total. The summed E-state index contributed by atoms with van der Waals surface area (Å²) in [6, 6.07) is 11.6. The molecule has 4 rings (SSSR count). The van der Waals surface area contributed by atoms with Crippen LogP contribution in [0.25, 0.3) is 22.1 Å². The van der Waals surface area contributed by atoms with E-state index in [1.165, 1.54) is 11.6 Å². The number of hydrogen-bond acceptors (Lipinski definition) is 6. The first-order chi connectivity index (χ1) is 13.0. The second-order valence-corrected chi connectivity index (χ2v) is 6.17. The molecule has 0 saturated heterocycles. The number of pyridine rings is 1. The third-order valence-electron chi connectivity index (χ3n) is 4.46. The number of rotatable bonds is 3. The Hall–Kier alpha value is -3.75. The Bertz CT molecular complexity index is 1330. The van der Waals surface area contributed by atoms with Gasteiger partial charge in [-0.15, -0.1) is 0 Å². The quantitative estimate of drug-likeness (QED) is 0.432. The fourth-order valence-corrected chi connectivity index (χ4v) is 2.93. The van der Waals surface area contributed by atoms with Gasteiger partial charge in [-0.05, 0) is 12.1 Å². The highest BCUT2D eigenvalue weighted by atomic mass is 16.2. The molecule has 3 aromatic heterocycles. The number of fused-ring (bicyclic) bond motifs is 2. The van der Waals surface area contributed by atoms with Crippen LogP contribution in [0.5, 0.6) is 0 Å². The van der Waals surface area contributed by atoms with E-state index in [0.29, 0.717) is 22.8 Å². The summed E-state index contributed by atoms with van der Waals surface area (Å²) < 4.78 is 3.95. The molecule has 0 bridgehead atoms. The average Bonchev–Trinajstić information content (AvgIpc) is 3.01. The molecule has 0 amide bonds. The summed E-state index contributed by atoms with van der Waals surface area (Å²) in [5.41, 5.74) is 4.15. The molecule has 0 unspecified atom stereocenters. The highest BCUT2D eigenvalue weighted by molar-refractivity contribution is 5.85. The van der Waals surface area contributed by atoms with E-state index in [9.17, 15) is 9.59 Å². The molecule has 9 nitrogen and oxygen atoms in total. The number of hydrogen-bond donors (Lipinski definition) is 1. The van der Waals surface area contributed by atoms with Crippen LogP contribution in [-0.2, 0) is 21.1 Å². The fourth-order valence-electron chi connectivity index (χ4n) is 2.93. The van der Waals surface area contributed by atoms with E-state index in [0.717, 1.165) is 15.5 Å². The Morgan fingerprint density at radius 3 is 2.56 bits per heavy atom. The summed E-state index contributed by atoms with van der Waals surface area (Å²) in [6.07, 6.45) is 1.57. The minimum Gasteiger partial charge on any atom is -0.306 e. The van der Waals surface area contributed by atoms with E-state index in [2.05, 4.69) is 20.5 Å². The number of nitrogens with one attached hydrogen (secondary N) is 1. The number of aromatic nitrogens is 5. The summed E-state index contributed by atoms with van der Waals surface area (Å²) in [5.74, 6) is 0.348. The molecule has 4 aromatic rings. The van der Waals surface area contributed by atoms with Crippen molar-refractivity contribution >= 4 is 34.2 Å². The van der Waals surface area contributed by atoms with Gasteiger partial charge in [0, 0.05) is 26.5 Å². The third-order valence-corrected chi connectivity index (χ3v) is 4.46. The molecule has 0 spiro atoms. The van der Waals surface area contributed by atoms with Crippen LogP contribution in [0.4, 0.5) is 5.95 Å². The lowest BCUT2D eigenvalue weighted by molar-refractivity contribution is 0.705. The van der Waals surface area contributed by atoms with E-state index in [-0.39, 0.29) is 0 Å². The van der Waals surface area contributed by atoms with Crippen molar-refractivity contribution in [3.63, 3.8) is 0 Å². The lowest BCUT2D eigenvalue weighted by Crippen LogP contribution is -2.37. The van der Waals surface area contributed by atoms with Crippen molar-refractivity contribution in [2.45, 2.75) is 0 Å². The molecule has 27 heavy (non-hydrogen) atoms. The molecule has 1 aromatic carbocycles. The number of nitrogens with zero attached hydrogens (tertiary/aromatic N) is 6. The molecule has 0 fully saturated rings. The molecule has 0 aliphatic heterocycles. The molecular formula is C18H17N7O2. The number of hydrazone groups is 1. The monoisotopic (exact) mass is 363 g/mol. The predicted octanol–water partition coefficient (Wildman–Crippen LogP) is 0.965. The maximum Gasteiger partial charge on any atom is 0.332 e. The van der Waals surface area contributed by atoms with Gasteiger partial charge in [0.2, 0.25) is 5.95 Å². The van der Waals surface area contributed by atoms with Gasteiger partial charge in [0.05, 0.1) is 17.4 Å². The first kappa shape index (κ1) is 16.7. The highest BCUT2D eigenvalue weighted by Crippen LogP contribution is 2.13. The molecular weight excluding hydrogens is 346 g/mol. The normalized spacial score (nSPS) is 11.7. The number of imidazole rings is 1. The Morgan fingerprint density at radius 2 is 1.74 bits per heavy atom. The number of anilines is 1. The first-order valence-corrected chi connectivity index (χ1v) is 8.24. The van der Waals surface area contributed by atoms with Gasteiger partial charge in [0.1, 0.15) is 0 Å². The maximum atomic E-state index is 12.4. The summed E-state index contributed by atoms with van der Waals surface area (Å²) in [7, 11) is 4.70. The largest absolute Gasteiger partial charge is 0.332 e. The molecule has 9 heteroatoms. The van der Waals surface area contributed by atoms with Crippen molar-refractivity contribution in [2.24, 2.45) is 26.2 Å². The van der Waals surface area contributed by atoms with Gasteiger partial charge in [-0.2, -0.15) is 10.1 Å².